The van der Waals surface area contributed by atoms with E-state index in [4.69, 9.17) is 0 Å². The molecule has 10 aromatic carbocycles. The summed E-state index contributed by atoms with van der Waals surface area (Å²) in [4.78, 5) is 14.3. The number of carbonyl (C=O) groups excluding carboxylic acids is 1. The zero-order valence-electron chi connectivity index (χ0n) is 35.6. The van der Waals surface area contributed by atoms with Crippen molar-refractivity contribution in [1.29, 1.82) is 0 Å². The third kappa shape index (κ3) is 5.25. The van der Waals surface area contributed by atoms with Crippen molar-refractivity contribution in [2.24, 2.45) is 0 Å². The van der Waals surface area contributed by atoms with E-state index in [1.54, 1.807) is 0 Å². The lowest BCUT2D eigenvalue weighted by Gasteiger charge is -2.11. The largest absolute Gasteiger partial charge is 0.309 e. The standard InChI is InChI=1S/C61H38N4O/c66-61(39-27-31-43(32-28-39)64-55-25-13-9-21-47(55)51-35-49-45-19-7-11-23-53(45)62(57(49)37-59(51)64)41-15-3-1-4-16-41)40-29-33-44(34-30-40)65-56-26-14-10-22-48(56)52-36-50-46-20-8-12-24-54(46)63(58(50)38-60(52)65)42-17-5-2-6-18-42/h1-38H. The van der Waals surface area contributed by atoms with Gasteiger partial charge in [-0.15, -0.1) is 0 Å². The fraction of sp³-hybridized carbons (Fsp3) is 0. The highest BCUT2D eigenvalue weighted by Gasteiger charge is 2.21. The van der Waals surface area contributed by atoms with Crippen molar-refractivity contribution in [3.8, 4) is 22.7 Å². The number of para-hydroxylation sites is 6. The Kier molecular flexibility index (Phi) is 7.77. The van der Waals surface area contributed by atoms with Gasteiger partial charge in [-0.25, -0.2) is 0 Å². The van der Waals surface area contributed by atoms with Crippen molar-refractivity contribution in [3.05, 3.63) is 242 Å². The van der Waals surface area contributed by atoms with Gasteiger partial charge in [-0.2, -0.15) is 0 Å². The molecule has 0 fully saturated rings. The highest BCUT2D eigenvalue weighted by Crippen LogP contribution is 2.41. The summed E-state index contributed by atoms with van der Waals surface area (Å²) in [5.74, 6) is -0.0132. The van der Waals surface area contributed by atoms with Gasteiger partial charge in [-0.3, -0.25) is 4.79 Å². The molecule has 0 aliphatic heterocycles. The van der Waals surface area contributed by atoms with E-state index in [0.29, 0.717) is 11.1 Å². The van der Waals surface area contributed by atoms with Crippen molar-refractivity contribution >= 4 is 93.0 Å². The maximum atomic E-state index is 14.3. The molecule has 14 aromatic rings. The van der Waals surface area contributed by atoms with E-state index in [2.05, 4.69) is 225 Å². The van der Waals surface area contributed by atoms with Gasteiger partial charge < -0.3 is 18.3 Å². The van der Waals surface area contributed by atoms with E-state index < -0.39 is 0 Å². The SMILES string of the molecule is O=C(c1ccc(-n2c3ccccc3c3cc4c5ccccc5n(-c5ccccc5)c4cc32)cc1)c1ccc(-n2c3ccccc3c3cc4c5ccccc5n(-c5ccccc5)c4cc32)cc1. The van der Waals surface area contributed by atoms with Gasteiger partial charge in [0.05, 0.1) is 44.1 Å². The van der Waals surface area contributed by atoms with Crippen LogP contribution in [0.3, 0.4) is 0 Å². The van der Waals surface area contributed by atoms with Crippen molar-refractivity contribution in [2.75, 3.05) is 0 Å². The molecule has 0 radical (unpaired) electrons. The fourth-order valence-corrected chi connectivity index (χ4v) is 10.8. The summed E-state index contributed by atoms with van der Waals surface area (Å²) in [6.07, 6.45) is 0. The van der Waals surface area contributed by atoms with Gasteiger partial charge in [0.25, 0.3) is 0 Å². The van der Waals surface area contributed by atoms with E-state index in [1.807, 2.05) is 24.3 Å². The molecule has 0 atom stereocenters. The molecule has 0 aliphatic rings. The van der Waals surface area contributed by atoms with Gasteiger partial charge >= 0.3 is 0 Å². The van der Waals surface area contributed by atoms with E-state index in [9.17, 15) is 4.79 Å². The van der Waals surface area contributed by atoms with Crippen LogP contribution in [-0.4, -0.2) is 24.1 Å². The first kappa shape index (κ1) is 36.5. The molecule has 0 bridgehead atoms. The van der Waals surface area contributed by atoms with Crippen LogP contribution in [0.15, 0.2) is 231 Å². The first-order valence-electron chi connectivity index (χ1n) is 22.5. The maximum Gasteiger partial charge on any atom is 0.193 e. The molecule has 14 rings (SSSR count). The maximum absolute atomic E-state index is 14.3. The monoisotopic (exact) mass is 842 g/mol. The smallest absolute Gasteiger partial charge is 0.193 e. The third-order valence-corrected chi connectivity index (χ3v) is 13.7. The van der Waals surface area contributed by atoms with Gasteiger partial charge in [0.1, 0.15) is 0 Å². The van der Waals surface area contributed by atoms with Crippen molar-refractivity contribution in [3.63, 3.8) is 0 Å². The number of nitrogens with zero attached hydrogens (tertiary/aromatic N) is 4. The van der Waals surface area contributed by atoms with Crippen molar-refractivity contribution in [1.82, 2.24) is 18.3 Å². The molecular formula is C61H38N4O. The average molecular weight is 843 g/mol. The van der Waals surface area contributed by atoms with E-state index in [0.717, 1.165) is 55.8 Å². The minimum Gasteiger partial charge on any atom is -0.309 e. The molecule has 0 aliphatic carbocycles. The number of ketones is 1. The lowest BCUT2D eigenvalue weighted by molar-refractivity contribution is 0.103. The molecule has 4 aromatic heterocycles. The number of hydrogen-bond donors (Lipinski definition) is 0. The van der Waals surface area contributed by atoms with Crippen LogP contribution >= 0.6 is 0 Å². The molecule has 0 N–H and O–H groups in total. The number of fused-ring (bicyclic) bond motifs is 12. The molecule has 0 saturated heterocycles. The quantitative estimate of drug-likeness (QED) is 0.154. The highest BCUT2D eigenvalue weighted by atomic mass is 16.1. The minimum atomic E-state index is -0.0132. The Balaban J connectivity index is 0.858. The lowest BCUT2D eigenvalue weighted by atomic mass is 10.0. The van der Waals surface area contributed by atoms with Crippen LogP contribution in [0, 0.1) is 0 Å². The lowest BCUT2D eigenvalue weighted by Crippen LogP contribution is -2.03. The summed E-state index contributed by atoms with van der Waals surface area (Å²) in [7, 11) is 0. The molecule has 308 valence electrons. The zero-order valence-corrected chi connectivity index (χ0v) is 35.6. The number of rotatable bonds is 6. The topological polar surface area (TPSA) is 36.8 Å². The normalized spacial score (nSPS) is 12.0. The Morgan fingerprint density at radius 1 is 0.227 bits per heavy atom. The van der Waals surface area contributed by atoms with Crippen LogP contribution in [0.2, 0.25) is 0 Å². The summed E-state index contributed by atoms with van der Waals surface area (Å²) in [6, 6.07) is 81.3. The van der Waals surface area contributed by atoms with Crippen LogP contribution in [0.5, 0.6) is 0 Å². The van der Waals surface area contributed by atoms with Gasteiger partial charge in [0, 0.05) is 77.0 Å². The summed E-state index contributed by atoms with van der Waals surface area (Å²) < 4.78 is 9.40. The molecular weight excluding hydrogens is 805 g/mol. The average Bonchev–Trinajstić information content (AvgIpc) is 4.10. The summed E-state index contributed by atoms with van der Waals surface area (Å²) in [5.41, 5.74) is 14.7. The predicted molar refractivity (Wildman–Crippen MR) is 274 cm³/mol. The Hall–Kier alpha value is -8.93. The second-order valence-corrected chi connectivity index (χ2v) is 17.3. The number of carbonyl (C=O) groups is 1. The second-order valence-electron chi connectivity index (χ2n) is 17.3. The first-order valence-corrected chi connectivity index (χ1v) is 22.5. The number of benzene rings is 10. The summed E-state index contributed by atoms with van der Waals surface area (Å²) in [5, 5.41) is 9.67. The molecule has 0 amide bonds. The summed E-state index contributed by atoms with van der Waals surface area (Å²) in [6.45, 7) is 0. The zero-order chi connectivity index (χ0) is 43.5. The van der Waals surface area contributed by atoms with Crippen molar-refractivity contribution < 1.29 is 4.79 Å². The van der Waals surface area contributed by atoms with Crippen LogP contribution in [0.1, 0.15) is 15.9 Å². The molecule has 0 unspecified atom stereocenters. The Morgan fingerprint density at radius 2 is 0.485 bits per heavy atom. The van der Waals surface area contributed by atoms with Crippen LogP contribution < -0.4 is 0 Å². The van der Waals surface area contributed by atoms with Gasteiger partial charge in [-0.1, -0.05) is 109 Å². The Morgan fingerprint density at radius 3 is 0.788 bits per heavy atom. The molecule has 5 nitrogen and oxygen atoms in total. The second kappa shape index (κ2) is 14.0. The molecule has 0 saturated carbocycles. The Labute approximate surface area is 378 Å². The van der Waals surface area contributed by atoms with E-state index in [-0.39, 0.29) is 5.78 Å². The predicted octanol–water partition coefficient (Wildman–Crippen LogP) is 15.3. The highest BCUT2D eigenvalue weighted by molar-refractivity contribution is 6.21. The molecule has 4 heterocycles. The molecule has 0 spiro atoms. The molecule has 5 heteroatoms. The number of aromatic nitrogens is 4. The number of hydrogen-bond acceptors (Lipinski definition) is 1. The van der Waals surface area contributed by atoms with Crippen LogP contribution in [0.4, 0.5) is 0 Å². The van der Waals surface area contributed by atoms with E-state index in [1.165, 1.54) is 54.1 Å². The summed E-state index contributed by atoms with van der Waals surface area (Å²) >= 11 is 0. The van der Waals surface area contributed by atoms with Gasteiger partial charge in [0.2, 0.25) is 0 Å². The van der Waals surface area contributed by atoms with Crippen LogP contribution in [-0.2, 0) is 0 Å². The van der Waals surface area contributed by atoms with Gasteiger partial charge in [0.15, 0.2) is 5.78 Å². The fourth-order valence-electron chi connectivity index (χ4n) is 10.8. The molecule has 66 heavy (non-hydrogen) atoms. The minimum absolute atomic E-state index is 0.0132. The first-order chi connectivity index (χ1) is 32.7. The van der Waals surface area contributed by atoms with Gasteiger partial charge in [-0.05, 0) is 121 Å². The third-order valence-electron chi connectivity index (χ3n) is 13.7. The van der Waals surface area contributed by atoms with E-state index >= 15 is 0 Å². The van der Waals surface area contributed by atoms with Crippen LogP contribution in [0.25, 0.3) is 110 Å². The van der Waals surface area contributed by atoms with Crippen molar-refractivity contribution in [2.45, 2.75) is 0 Å². The Bertz CT molecular complexity index is 3990.